The van der Waals surface area contributed by atoms with Crippen molar-refractivity contribution in [3.63, 3.8) is 0 Å². The Bertz CT molecular complexity index is 622. The van der Waals surface area contributed by atoms with Gasteiger partial charge in [-0.25, -0.2) is 8.42 Å². The molecular weight excluding hydrogens is 292 g/mol. The van der Waals surface area contributed by atoms with Crippen molar-refractivity contribution >= 4 is 16.0 Å². The van der Waals surface area contributed by atoms with Crippen LogP contribution < -0.4 is 0 Å². The largest absolute Gasteiger partial charge is 0.480 e. The quantitative estimate of drug-likeness (QED) is 0.889. The first kappa shape index (κ1) is 15.9. The molecule has 1 fully saturated rings. The number of hydrogen-bond acceptors (Lipinski definition) is 4. The summed E-state index contributed by atoms with van der Waals surface area (Å²) in [4.78, 5) is 13.0. The van der Waals surface area contributed by atoms with E-state index in [1.165, 1.54) is 4.31 Å². The molecule has 1 aliphatic heterocycles. The zero-order chi connectivity index (χ0) is 15.6. The standard InChI is InChI=1S/C14H20N2O4S/c1-11-4-3-5-13(10-11)21(19,20)16-8-6-15(7-9-16)12(2)14(17)18/h3-5,10,12H,6-9H2,1-2H3,(H,17,18). The molecule has 116 valence electrons. The first-order valence-electron chi connectivity index (χ1n) is 6.86. The van der Waals surface area contributed by atoms with Crippen LogP contribution in [0.3, 0.4) is 0 Å². The van der Waals surface area contributed by atoms with Crippen molar-refractivity contribution in [2.75, 3.05) is 26.2 Å². The van der Waals surface area contributed by atoms with Gasteiger partial charge in [-0.2, -0.15) is 4.31 Å². The van der Waals surface area contributed by atoms with Crippen molar-refractivity contribution in [3.8, 4) is 0 Å². The van der Waals surface area contributed by atoms with Crippen LogP contribution in [0.2, 0.25) is 0 Å². The van der Waals surface area contributed by atoms with Gasteiger partial charge in [-0.15, -0.1) is 0 Å². The molecule has 0 aliphatic carbocycles. The Hall–Kier alpha value is -1.44. The summed E-state index contributed by atoms with van der Waals surface area (Å²) in [6.45, 7) is 4.96. The van der Waals surface area contributed by atoms with Crippen LogP contribution in [-0.4, -0.2) is 60.9 Å². The smallest absolute Gasteiger partial charge is 0.320 e. The highest BCUT2D eigenvalue weighted by Gasteiger charge is 2.31. The van der Waals surface area contributed by atoms with Gasteiger partial charge in [-0.1, -0.05) is 12.1 Å². The van der Waals surface area contributed by atoms with Crippen molar-refractivity contribution in [2.24, 2.45) is 0 Å². The van der Waals surface area contributed by atoms with Crippen molar-refractivity contribution in [2.45, 2.75) is 24.8 Å². The van der Waals surface area contributed by atoms with Crippen molar-refractivity contribution in [1.82, 2.24) is 9.21 Å². The molecule has 7 heteroatoms. The lowest BCUT2D eigenvalue weighted by Crippen LogP contribution is -2.53. The van der Waals surface area contributed by atoms with Gasteiger partial charge >= 0.3 is 5.97 Å². The summed E-state index contributed by atoms with van der Waals surface area (Å²) >= 11 is 0. The Labute approximate surface area is 125 Å². The Morgan fingerprint density at radius 2 is 1.86 bits per heavy atom. The first-order valence-corrected chi connectivity index (χ1v) is 8.30. The van der Waals surface area contributed by atoms with Gasteiger partial charge in [0.2, 0.25) is 10.0 Å². The Morgan fingerprint density at radius 1 is 1.24 bits per heavy atom. The number of aliphatic carboxylic acids is 1. The maximum atomic E-state index is 12.5. The molecule has 0 aromatic heterocycles. The molecule has 1 heterocycles. The molecular formula is C14H20N2O4S. The van der Waals surface area contributed by atoms with Crippen LogP contribution in [0.1, 0.15) is 12.5 Å². The summed E-state index contributed by atoms with van der Waals surface area (Å²) in [7, 11) is -3.49. The summed E-state index contributed by atoms with van der Waals surface area (Å²) in [5, 5.41) is 9.00. The van der Waals surface area contributed by atoms with E-state index in [-0.39, 0.29) is 0 Å². The van der Waals surface area contributed by atoms with Gasteiger partial charge in [0, 0.05) is 26.2 Å². The van der Waals surface area contributed by atoms with Gasteiger partial charge in [-0.3, -0.25) is 9.69 Å². The second kappa shape index (κ2) is 6.13. The number of nitrogens with zero attached hydrogens (tertiary/aromatic N) is 2. The average Bonchev–Trinajstić information content (AvgIpc) is 2.46. The number of sulfonamides is 1. The minimum absolute atomic E-state index is 0.294. The molecule has 0 radical (unpaired) electrons. The number of rotatable bonds is 4. The summed E-state index contributed by atoms with van der Waals surface area (Å²) < 4.78 is 26.5. The molecule has 0 spiro atoms. The molecule has 0 bridgehead atoms. The first-order chi connectivity index (χ1) is 9.82. The topological polar surface area (TPSA) is 77.9 Å². The highest BCUT2D eigenvalue weighted by atomic mass is 32.2. The van der Waals surface area contributed by atoms with Crippen molar-refractivity contribution in [1.29, 1.82) is 0 Å². The Kier molecular flexibility index (Phi) is 4.65. The lowest BCUT2D eigenvalue weighted by atomic mass is 10.2. The maximum Gasteiger partial charge on any atom is 0.320 e. The van der Waals surface area contributed by atoms with Gasteiger partial charge < -0.3 is 5.11 Å². The second-order valence-corrected chi connectivity index (χ2v) is 7.21. The fraction of sp³-hybridized carbons (Fsp3) is 0.500. The van der Waals surface area contributed by atoms with Crippen LogP contribution >= 0.6 is 0 Å². The lowest BCUT2D eigenvalue weighted by Gasteiger charge is -2.35. The van der Waals surface area contributed by atoms with E-state index in [2.05, 4.69) is 0 Å². The number of benzene rings is 1. The maximum absolute atomic E-state index is 12.5. The third-order valence-corrected chi connectivity index (χ3v) is 5.70. The van der Waals surface area contributed by atoms with Crippen LogP contribution in [0.4, 0.5) is 0 Å². The second-order valence-electron chi connectivity index (χ2n) is 5.27. The van der Waals surface area contributed by atoms with Gasteiger partial charge in [0.05, 0.1) is 4.90 Å². The molecule has 1 aliphatic rings. The summed E-state index contributed by atoms with van der Waals surface area (Å²) in [6, 6.07) is 6.24. The van der Waals surface area contributed by atoms with E-state index < -0.39 is 22.0 Å². The minimum atomic E-state index is -3.49. The molecule has 0 amide bonds. The zero-order valence-electron chi connectivity index (χ0n) is 12.2. The van der Waals surface area contributed by atoms with E-state index in [0.29, 0.717) is 31.1 Å². The van der Waals surface area contributed by atoms with Crippen molar-refractivity contribution < 1.29 is 18.3 Å². The number of carboxylic acids is 1. The van der Waals surface area contributed by atoms with Crippen LogP contribution in [-0.2, 0) is 14.8 Å². The molecule has 0 saturated carbocycles. The lowest BCUT2D eigenvalue weighted by molar-refractivity contribution is -0.143. The fourth-order valence-electron chi connectivity index (χ4n) is 2.41. The summed E-state index contributed by atoms with van der Waals surface area (Å²) in [5.74, 6) is -0.884. The number of piperazine rings is 1. The van der Waals surface area contributed by atoms with E-state index in [1.54, 1.807) is 30.0 Å². The van der Waals surface area contributed by atoms with Gasteiger partial charge in [0.1, 0.15) is 6.04 Å². The SMILES string of the molecule is Cc1cccc(S(=O)(=O)N2CCN(C(C)C(=O)O)CC2)c1. The van der Waals surface area contributed by atoms with Crippen LogP contribution in [0, 0.1) is 6.92 Å². The molecule has 1 atom stereocenters. The molecule has 2 rings (SSSR count). The summed E-state index contributed by atoms with van der Waals surface area (Å²) in [5.41, 5.74) is 0.897. The molecule has 1 unspecified atom stereocenters. The molecule has 1 N–H and O–H groups in total. The minimum Gasteiger partial charge on any atom is -0.480 e. The Morgan fingerprint density at radius 3 is 2.38 bits per heavy atom. The average molecular weight is 312 g/mol. The highest BCUT2D eigenvalue weighted by Crippen LogP contribution is 2.19. The van der Waals surface area contributed by atoms with E-state index >= 15 is 0 Å². The number of hydrogen-bond donors (Lipinski definition) is 1. The fourth-order valence-corrected chi connectivity index (χ4v) is 3.94. The van der Waals surface area contributed by atoms with Gasteiger partial charge in [0.15, 0.2) is 0 Å². The van der Waals surface area contributed by atoms with E-state index in [4.69, 9.17) is 5.11 Å². The summed E-state index contributed by atoms with van der Waals surface area (Å²) in [6.07, 6.45) is 0. The highest BCUT2D eigenvalue weighted by molar-refractivity contribution is 7.89. The molecule has 1 saturated heterocycles. The third-order valence-electron chi connectivity index (χ3n) is 3.81. The van der Waals surface area contributed by atoms with E-state index in [0.717, 1.165) is 5.56 Å². The number of carbonyl (C=O) groups is 1. The van der Waals surface area contributed by atoms with E-state index in [1.807, 2.05) is 13.0 Å². The monoisotopic (exact) mass is 312 g/mol. The number of carboxylic acid groups (broad SMARTS) is 1. The van der Waals surface area contributed by atoms with Crippen LogP contribution in [0.25, 0.3) is 0 Å². The van der Waals surface area contributed by atoms with Gasteiger partial charge in [0.25, 0.3) is 0 Å². The van der Waals surface area contributed by atoms with Gasteiger partial charge in [-0.05, 0) is 31.5 Å². The third kappa shape index (κ3) is 3.42. The zero-order valence-corrected chi connectivity index (χ0v) is 13.0. The molecule has 1 aromatic rings. The van der Waals surface area contributed by atoms with Crippen LogP contribution in [0.15, 0.2) is 29.2 Å². The number of aryl methyl sites for hydroxylation is 1. The van der Waals surface area contributed by atoms with Crippen LogP contribution in [0.5, 0.6) is 0 Å². The van der Waals surface area contributed by atoms with E-state index in [9.17, 15) is 13.2 Å². The molecule has 1 aromatic carbocycles. The predicted octanol–water partition coefficient (Wildman–Crippen LogP) is 0.774. The molecule has 21 heavy (non-hydrogen) atoms. The Balaban J connectivity index is 2.09. The normalized spacial score (nSPS) is 19.3. The van der Waals surface area contributed by atoms with Crippen molar-refractivity contribution in [3.05, 3.63) is 29.8 Å². The predicted molar refractivity (Wildman–Crippen MR) is 78.6 cm³/mol. The molecule has 6 nitrogen and oxygen atoms in total.